The van der Waals surface area contributed by atoms with Crippen molar-refractivity contribution >= 4 is 50.3 Å². The van der Waals surface area contributed by atoms with Gasteiger partial charge in [0.05, 0.1) is 10.0 Å². The highest BCUT2D eigenvalue weighted by Crippen LogP contribution is 2.40. The van der Waals surface area contributed by atoms with Gasteiger partial charge in [-0.15, -0.1) is 0 Å². The number of benzene rings is 1. The van der Waals surface area contributed by atoms with Gasteiger partial charge in [-0.25, -0.2) is 19.2 Å². The first kappa shape index (κ1) is 22.8. The minimum Gasteiger partial charge on any atom is -0.444 e. The van der Waals surface area contributed by atoms with E-state index in [0.29, 0.717) is 13.0 Å². The lowest BCUT2D eigenvalue weighted by molar-refractivity contribution is -0.138. The fourth-order valence-corrected chi connectivity index (χ4v) is 3.75. The second kappa shape index (κ2) is 7.99. The summed E-state index contributed by atoms with van der Waals surface area (Å²) >= 11 is 8.51. The Kier molecular flexibility index (Phi) is 6.07. The molecule has 1 amide bonds. The molecule has 2 aromatic rings. The van der Waals surface area contributed by atoms with Gasteiger partial charge in [0.1, 0.15) is 16.9 Å². The molecular formula is C18H18BrClF4N4O2. The first-order valence-electron chi connectivity index (χ1n) is 8.93. The molecule has 164 valence electrons. The highest BCUT2D eigenvalue weighted by molar-refractivity contribution is 9.10. The number of hydrogen-bond donors (Lipinski definition) is 1. The van der Waals surface area contributed by atoms with E-state index in [9.17, 15) is 22.4 Å². The largest absolute Gasteiger partial charge is 0.444 e. The monoisotopic (exact) mass is 512 g/mol. The molecule has 1 aliphatic heterocycles. The average Bonchev–Trinajstić information content (AvgIpc) is 3.04. The number of ether oxygens (including phenoxy) is 1. The Balaban J connectivity index is 1.91. The lowest BCUT2D eigenvalue weighted by Crippen LogP contribution is -2.36. The molecule has 1 atom stereocenters. The Labute approximate surface area is 183 Å². The normalized spacial score (nSPS) is 17.5. The number of carbonyl (C=O) groups is 1. The van der Waals surface area contributed by atoms with Crippen molar-refractivity contribution < 1.29 is 27.1 Å². The fraction of sp³-hybridized carbons (Fsp3) is 0.500. The van der Waals surface area contributed by atoms with Gasteiger partial charge in [-0.3, -0.25) is 0 Å². The zero-order valence-corrected chi connectivity index (χ0v) is 18.5. The van der Waals surface area contributed by atoms with Crippen LogP contribution in [-0.2, 0) is 10.9 Å². The summed E-state index contributed by atoms with van der Waals surface area (Å²) in [5, 5.41) is 2.48. The predicted octanol–water partition coefficient (Wildman–Crippen LogP) is 5.62. The van der Waals surface area contributed by atoms with Gasteiger partial charge in [0.2, 0.25) is 5.28 Å². The summed E-state index contributed by atoms with van der Waals surface area (Å²) in [6, 6.07) is 0.426. The Hall–Kier alpha value is -1.88. The topological polar surface area (TPSA) is 67.3 Å². The van der Waals surface area contributed by atoms with Crippen molar-refractivity contribution in [3.63, 3.8) is 0 Å². The quantitative estimate of drug-likeness (QED) is 0.417. The third kappa shape index (κ3) is 4.88. The molecule has 12 heteroatoms. The Morgan fingerprint density at radius 3 is 2.60 bits per heavy atom. The van der Waals surface area contributed by atoms with Gasteiger partial charge in [-0.1, -0.05) is 0 Å². The molecule has 1 aromatic heterocycles. The summed E-state index contributed by atoms with van der Waals surface area (Å²) in [5.41, 5.74) is -2.19. The summed E-state index contributed by atoms with van der Waals surface area (Å²) in [6.07, 6.45) is -4.79. The van der Waals surface area contributed by atoms with E-state index in [1.54, 1.807) is 20.8 Å². The van der Waals surface area contributed by atoms with Crippen LogP contribution in [0.4, 0.5) is 28.2 Å². The van der Waals surface area contributed by atoms with Crippen LogP contribution in [0.5, 0.6) is 0 Å². The number of aromatic nitrogens is 2. The first-order valence-corrected chi connectivity index (χ1v) is 10.1. The molecule has 30 heavy (non-hydrogen) atoms. The number of nitrogens with one attached hydrogen (secondary N) is 1. The van der Waals surface area contributed by atoms with E-state index in [1.807, 2.05) is 0 Å². The molecule has 0 spiro atoms. The molecule has 1 unspecified atom stereocenters. The zero-order valence-electron chi connectivity index (χ0n) is 16.2. The Bertz CT molecular complexity index is 997. The number of nitrogens with zero attached hydrogens (tertiary/aromatic N) is 3. The van der Waals surface area contributed by atoms with Crippen molar-refractivity contribution in [1.82, 2.24) is 14.9 Å². The molecule has 3 rings (SSSR count). The molecule has 6 nitrogen and oxygen atoms in total. The number of hydrogen-bond acceptors (Lipinski definition) is 5. The second-order valence-corrected chi connectivity index (χ2v) is 8.97. The minimum absolute atomic E-state index is 0.0436. The standard InChI is InChI=1S/C18H18BrClF4N4O2/c1-17(2,3)30-16(29)28-5-4-8(7-28)25-14-9-6-10(18(22,23)24)11(19)12(21)13(9)26-15(20)27-14/h6,8H,4-5,7H2,1-3H3,(H,25,26,27). The predicted molar refractivity (Wildman–Crippen MR) is 107 cm³/mol. The highest BCUT2D eigenvalue weighted by Gasteiger charge is 2.36. The van der Waals surface area contributed by atoms with Crippen LogP contribution in [0.3, 0.4) is 0 Å². The smallest absolute Gasteiger partial charge is 0.417 e. The zero-order chi connectivity index (χ0) is 22.4. The highest BCUT2D eigenvalue weighted by atomic mass is 79.9. The van der Waals surface area contributed by atoms with E-state index in [-0.39, 0.29) is 34.6 Å². The molecule has 1 saturated heterocycles. The van der Waals surface area contributed by atoms with Crippen molar-refractivity contribution in [3.8, 4) is 0 Å². The maximum absolute atomic E-state index is 14.6. The molecule has 0 aliphatic carbocycles. The van der Waals surface area contributed by atoms with E-state index in [1.165, 1.54) is 4.90 Å². The van der Waals surface area contributed by atoms with Crippen LogP contribution in [-0.4, -0.2) is 45.7 Å². The number of carbonyl (C=O) groups excluding carboxylic acids is 1. The second-order valence-electron chi connectivity index (χ2n) is 7.84. The maximum Gasteiger partial charge on any atom is 0.417 e. The van der Waals surface area contributed by atoms with Crippen molar-refractivity contribution in [2.45, 2.75) is 45.0 Å². The van der Waals surface area contributed by atoms with E-state index < -0.39 is 33.7 Å². The number of fused-ring (bicyclic) bond motifs is 1. The number of rotatable bonds is 2. The van der Waals surface area contributed by atoms with E-state index in [2.05, 4.69) is 31.2 Å². The minimum atomic E-state index is -4.79. The van der Waals surface area contributed by atoms with Gasteiger partial charge in [0, 0.05) is 24.5 Å². The lowest BCUT2D eigenvalue weighted by Gasteiger charge is -2.24. The molecule has 1 fully saturated rings. The molecule has 1 N–H and O–H groups in total. The van der Waals surface area contributed by atoms with Crippen LogP contribution in [0.2, 0.25) is 5.28 Å². The molecule has 1 aliphatic rings. The lowest BCUT2D eigenvalue weighted by atomic mass is 10.1. The molecule has 1 aromatic carbocycles. The van der Waals surface area contributed by atoms with E-state index in [0.717, 1.165) is 6.07 Å². The summed E-state index contributed by atoms with van der Waals surface area (Å²) in [7, 11) is 0. The average molecular weight is 514 g/mol. The summed E-state index contributed by atoms with van der Waals surface area (Å²) in [4.78, 5) is 21.4. The van der Waals surface area contributed by atoms with Gasteiger partial charge in [0.25, 0.3) is 0 Å². The van der Waals surface area contributed by atoms with Crippen molar-refractivity contribution in [1.29, 1.82) is 0 Å². The maximum atomic E-state index is 14.6. The van der Waals surface area contributed by atoms with Gasteiger partial charge in [-0.05, 0) is 60.8 Å². The van der Waals surface area contributed by atoms with Gasteiger partial charge in [0.15, 0.2) is 5.82 Å². The van der Waals surface area contributed by atoms with Gasteiger partial charge < -0.3 is 15.0 Å². The Morgan fingerprint density at radius 2 is 2.00 bits per heavy atom. The molecular weight excluding hydrogens is 496 g/mol. The third-order valence-electron chi connectivity index (χ3n) is 4.33. The molecule has 0 radical (unpaired) electrons. The molecule has 0 saturated carbocycles. The van der Waals surface area contributed by atoms with E-state index in [4.69, 9.17) is 16.3 Å². The van der Waals surface area contributed by atoms with Crippen LogP contribution >= 0.6 is 27.5 Å². The Morgan fingerprint density at radius 1 is 1.33 bits per heavy atom. The SMILES string of the molecule is CC(C)(C)OC(=O)N1CCC(Nc2nc(Cl)nc3c(F)c(Br)c(C(F)(F)F)cc23)C1. The van der Waals surface area contributed by atoms with Gasteiger partial charge in [-0.2, -0.15) is 13.2 Å². The van der Waals surface area contributed by atoms with Crippen LogP contribution in [0.1, 0.15) is 32.8 Å². The fourth-order valence-electron chi connectivity index (χ4n) is 3.06. The summed E-state index contributed by atoms with van der Waals surface area (Å²) < 4.78 is 59.1. The van der Waals surface area contributed by atoms with Crippen molar-refractivity contribution in [2.75, 3.05) is 18.4 Å². The molecule has 0 bridgehead atoms. The number of amides is 1. The van der Waals surface area contributed by atoms with E-state index >= 15 is 0 Å². The summed E-state index contributed by atoms with van der Waals surface area (Å²) in [5.74, 6) is -1.23. The molecule has 2 heterocycles. The number of alkyl halides is 3. The van der Waals surface area contributed by atoms with Crippen LogP contribution in [0.25, 0.3) is 10.9 Å². The van der Waals surface area contributed by atoms with Crippen molar-refractivity contribution in [3.05, 3.63) is 27.2 Å². The number of likely N-dealkylation sites (tertiary alicyclic amines) is 1. The van der Waals surface area contributed by atoms with Crippen LogP contribution in [0.15, 0.2) is 10.5 Å². The van der Waals surface area contributed by atoms with Gasteiger partial charge >= 0.3 is 12.3 Å². The number of anilines is 1. The summed E-state index contributed by atoms with van der Waals surface area (Å²) in [6.45, 7) is 5.87. The first-order chi connectivity index (χ1) is 13.8. The third-order valence-corrected chi connectivity index (χ3v) is 5.27. The number of halogens is 6. The van der Waals surface area contributed by atoms with Crippen LogP contribution < -0.4 is 5.32 Å². The van der Waals surface area contributed by atoms with Crippen molar-refractivity contribution in [2.24, 2.45) is 0 Å². The van der Waals surface area contributed by atoms with Crippen LogP contribution in [0, 0.1) is 5.82 Å².